The summed E-state index contributed by atoms with van der Waals surface area (Å²) in [5, 5.41) is 10.6. The van der Waals surface area contributed by atoms with Gasteiger partial charge in [-0.15, -0.1) is 0 Å². The molecule has 3 heterocycles. The van der Waals surface area contributed by atoms with Crippen molar-refractivity contribution >= 4 is 26.8 Å². The molecule has 0 unspecified atom stereocenters. The molecule has 0 radical (unpaired) electrons. The van der Waals surface area contributed by atoms with Gasteiger partial charge >= 0.3 is 0 Å². The number of fused-ring (bicyclic) bond motifs is 1. The van der Waals surface area contributed by atoms with E-state index in [2.05, 4.69) is 20.8 Å². The Labute approximate surface area is 180 Å². The molecule has 0 aromatic carbocycles. The zero-order valence-corrected chi connectivity index (χ0v) is 18.4. The maximum Gasteiger partial charge on any atom is 0.242 e. The number of allylic oxidation sites excluding steroid dienone is 4. The van der Waals surface area contributed by atoms with Gasteiger partial charge in [0.2, 0.25) is 10.0 Å². The van der Waals surface area contributed by atoms with Crippen LogP contribution in [0.2, 0.25) is 0 Å². The average Bonchev–Trinajstić information content (AvgIpc) is 2.98. The number of hydrogen-bond acceptors (Lipinski definition) is 6. The first-order valence-electron chi connectivity index (χ1n) is 9.52. The summed E-state index contributed by atoms with van der Waals surface area (Å²) in [7, 11) is -2.18. The van der Waals surface area contributed by atoms with E-state index in [9.17, 15) is 13.7 Å². The van der Waals surface area contributed by atoms with Gasteiger partial charge in [0.05, 0.1) is 30.3 Å². The Bertz CT molecular complexity index is 1390. The first kappa shape index (κ1) is 20.8. The second kappa shape index (κ2) is 7.34. The Kier molecular flexibility index (Phi) is 4.92. The zero-order chi connectivity index (χ0) is 22.4. The van der Waals surface area contributed by atoms with Gasteiger partial charge < -0.3 is 4.74 Å². The van der Waals surface area contributed by atoms with Crippen molar-refractivity contribution in [1.29, 1.82) is 5.26 Å². The van der Waals surface area contributed by atoms with Crippen LogP contribution in [0.1, 0.15) is 26.3 Å². The second-order valence-corrected chi connectivity index (χ2v) is 9.78. The van der Waals surface area contributed by atoms with Gasteiger partial charge in [0, 0.05) is 22.8 Å². The largest absolute Gasteiger partial charge is 0.495 e. The number of nitrogens with one attached hydrogen (secondary N) is 1. The predicted molar refractivity (Wildman–Crippen MR) is 118 cm³/mol. The summed E-state index contributed by atoms with van der Waals surface area (Å²) in [5.41, 5.74) is 2.22. The van der Waals surface area contributed by atoms with Gasteiger partial charge in [-0.25, -0.2) is 18.1 Å². The Hall–Kier alpha value is -3.48. The van der Waals surface area contributed by atoms with Crippen molar-refractivity contribution in [3.05, 3.63) is 54.4 Å². The lowest BCUT2D eigenvalue weighted by Crippen LogP contribution is -2.40. The molecule has 3 aromatic rings. The lowest BCUT2D eigenvalue weighted by atomic mass is 10.1. The molecule has 31 heavy (non-hydrogen) atoms. The minimum Gasteiger partial charge on any atom is -0.495 e. The molecule has 0 spiro atoms. The smallest absolute Gasteiger partial charge is 0.242 e. The Morgan fingerprint density at radius 3 is 2.45 bits per heavy atom. The van der Waals surface area contributed by atoms with E-state index < -0.39 is 15.6 Å². The Morgan fingerprint density at radius 2 is 1.94 bits per heavy atom. The predicted octanol–water partition coefficient (Wildman–Crippen LogP) is 3.47. The highest BCUT2D eigenvalue weighted by Gasteiger charge is 2.26. The van der Waals surface area contributed by atoms with Crippen LogP contribution in [0.3, 0.4) is 0 Å². The van der Waals surface area contributed by atoms with Crippen molar-refractivity contribution in [2.75, 3.05) is 7.11 Å². The highest BCUT2D eigenvalue weighted by Crippen LogP contribution is 2.37. The van der Waals surface area contributed by atoms with Crippen LogP contribution in [0.5, 0.6) is 5.75 Å². The zero-order valence-electron chi connectivity index (χ0n) is 17.5. The van der Waals surface area contributed by atoms with E-state index in [-0.39, 0.29) is 4.90 Å². The van der Waals surface area contributed by atoms with Gasteiger partial charge in [-0.3, -0.25) is 9.55 Å². The number of nitriles is 1. The number of pyridine rings is 2. The fourth-order valence-electron chi connectivity index (χ4n) is 3.34. The van der Waals surface area contributed by atoms with Crippen molar-refractivity contribution in [3.8, 4) is 23.2 Å². The highest BCUT2D eigenvalue weighted by molar-refractivity contribution is 7.89. The minimum absolute atomic E-state index is 0.0508. The number of methoxy groups -OCH3 is 1. The van der Waals surface area contributed by atoms with E-state index in [0.717, 1.165) is 5.70 Å². The summed E-state index contributed by atoms with van der Waals surface area (Å²) in [5.74, 6) is 0.536. The van der Waals surface area contributed by atoms with Gasteiger partial charge in [-0.2, -0.15) is 5.26 Å². The van der Waals surface area contributed by atoms with Crippen molar-refractivity contribution in [3.63, 3.8) is 0 Å². The maximum atomic E-state index is 12.6. The second-order valence-electron chi connectivity index (χ2n) is 8.10. The first-order chi connectivity index (χ1) is 14.6. The van der Waals surface area contributed by atoms with E-state index in [1.54, 1.807) is 39.1 Å². The van der Waals surface area contributed by atoms with E-state index in [1.165, 1.54) is 19.4 Å². The number of hydrogen-bond donors (Lipinski definition) is 1. The molecule has 0 atom stereocenters. The van der Waals surface area contributed by atoms with E-state index in [4.69, 9.17) is 4.74 Å². The normalized spacial score (nSPS) is 13.6. The van der Waals surface area contributed by atoms with Gasteiger partial charge in [0.1, 0.15) is 22.4 Å². The lowest BCUT2D eigenvalue weighted by Gasteiger charge is -2.20. The molecule has 0 saturated carbocycles. The SMILES string of the molecule is COc1cnc2c(c1)c(C#N)c(-c1ccc(S(=O)(=O)NC(C)(C)C)cn1)n2C1=CC=C1. The summed E-state index contributed by atoms with van der Waals surface area (Å²) in [6, 6.07) is 7.09. The van der Waals surface area contributed by atoms with Crippen molar-refractivity contribution in [1.82, 2.24) is 19.3 Å². The third-order valence-electron chi connectivity index (χ3n) is 4.65. The highest BCUT2D eigenvalue weighted by atomic mass is 32.2. The van der Waals surface area contributed by atoms with Crippen LogP contribution in [-0.4, -0.2) is 35.6 Å². The van der Waals surface area contributed by atoms with Crippen LogP contribution >= 0.6 is 0 Å². The summed E-state index contributed by atoms with van der Waals surface area (Å²) in [6.07, 6.45) is 8.59. The average molecular weight is 436 g/mol. The van der Waals surface area contributed by atoms with E-state index in [1.807, 2.05) is 22.8 Å². The fraction of sp³-hybridized carbons (Fsp3) is 0.227. The van der Waals surface area contributed by atoms with Crippen LogP contribution in [0.15, 0.2) is 53.7 Å². The molecule has 158 valence electrons. The Balaban J connectivity index is 1.89. The van der Waals surface area contributed by atoms with Crippen LogP contribution < -0.4 is 9.46 Å². The first-order valence-corrected chi connectivity index (χ1v) is 11.0. The summed E-state index contributed by atoms with van der Waals surface area (Å²) in [6.45, 7) is 5.31. The third-order valence-corrected chi connectivity index (χ3v) is 6.40. The van der Waals surface area contributed by atoms with Gasteiger partial charge in [-0.1, -0.05) is 6.08 Å². The third kappa shape index (κ3) is 3.71. The molecule has 1 aliphatic rings. The topological polar surface area (TPSA) is 110 Å². The molecule has 4 rings (SSSR count). The molecule has 9 heteroatoms. The summed E-state index contributed by atoms with van der Waals surface area (Å²) >= 11 is 0. The van der Waals surface area contributed by atoms with Crippen molar-refractivity contribution < 1.29 is 13.2 Å². The number of aromatic nitrogens is 3. The number of ether oxygens (including phenoxy) is 1. The summed E-state index contributed by atoms with van der Waals surface area (Å²) in [4.78, 5) is 8.93. The summed E-state index contributed by atoms with van der Waals surface area (Å²) < 4.78 is 34.9. The quantitative estimate of drug-likeness (QED) is 0.657. The number of sulfonamides is 1. The van der Waals surface area contributed by atoms with Crippen LogP contribution in [0.25, 0.3) is 28.1 Å². The van der Waals surface area contributed by atoms with Crippen molar-refractivity contribution in [2.24, 2.45) is 0 Å². The van der Waals surface area contributed by atoms with Crippen LogP contribution in [0.4, 0.5) is 0 Å². The molecule has 0 saturated heterocycles. The molecule has 0 aliphatic heterocycles. The van der Waals surface area contributed by atoms with Crippen molar-refractivity contribution in [2.45, 2.75) is 31.2 Å². The van der Waals surface area contributed by atoms with Gasteiger partial charge in [-0.05, 0) is 51.1 Å². The molecular formula is C22H21N5O3S. The van der Waals surface area contributed by atoms with E-state index in [0.29, 0.717) is 33.7 Å². The molecular weight excluding hydrogens is 414 g/mol. The van der Waals surface area contributed by atoms with Crippen LogP contribution in [-0.2, 0) is 10.0 Å². The molecule has 1 aliphatic carbocycles. The van der Waals surface area contributed by atoms with Crippen LogP contribution in [0, 0.1) is 11.3 Å². The maximum absolute atomic E-state index is 12.6. The minimum atomic E-state index is -3.72. The molecule has 8 nitrogen and oxygen atoms in total. The molecule has 1 N–H and O–H groups in total. The lowest BCUT2D eigenvalue weighted by molar-refractivity contribution is 0.413. The fourth-order valence-corrected chi connectivity index (χ4v) is 4.70. The Morgan fingerprint density at radius 1 is 1.19 bits per heavy atom. The standard InChI is InChI=1S/C22H21N5O3S/c1-22(2,3)26-31(28,29)16-8-9-19(24-13-16)20-18(11-23)17-10-15(30-4)12-25-21(17)27(20)14-6-5-7-14/h5-10,12-13,26H,1-4H3. The van der Waals surface area contributed by atoms with Gasteiger partial charge in [0.25, 0.3) is 0 Å². The monoisotopic (exact) mass is 435 g/mol. The molecule has 0 bridgehead atoms. The molecule has 3 aromatic heterocycles. The van der Waals surface area contributed by atoms with Gasteiger partial charge in [0.15, 0.2) is 0 Å². The number of nitrogens with zero attached hydrogens (tertiary/aromatic N) is 4. The number of rotatable bonds is 5. The molecule has 0 fully saturated rings. The molecule has 0 amide bonds. The van der Waals surface area contributed by atoms with E-state index >= 15 is 0 Å².